The van der Waals surface area contributed by atoms with Gasteiger partial charge < -0.3 is 15.0 Å². The van der Waals surface area contributed by atoms with Crippen molar-refractivity contribution in [3.05, 3.63) is 47.1 Å². The van der Waals surface area contributed by atoms with E-state index < -0.39 is 6.17 Å². The summed E-state index contributed by atoms with van der Waals surface area (Å²) in [4.78, 5) is 20.9. The topological polar surface area (TPSA) is 103 Å². The Labute approximate surface area is 198 Å². The van der Waals surface area contributed by atoms with Gasteiger partial charge in [0.05, 0.1) is 13.3 Å². The molecule has 2 fully saturated rings. The lowest BCUT2D eigenvalue weighted by molar-refractivity contribution is 0.280. The molecule has 1 aliphatic carbocycles. The van der Waals surface area contributed by atoms with Crippen molar-refractivity contribution < 1.29 is 4.74 Å². The van der Waals surface area contributed by atoms with E-state index in [1.54, 1.807) is 36.2 Å². The zero-order valence-corrected chi connectivity index (χ0v) is 19.8. The maximum atomic E-state index is 13.0. The highest BCUT2D eigenvalue weighted by molar-refractivity contribution is 5.54. The number of aromatic nitrogens is 6. The average Bonchev–Trinajstić information content (AvgIpc) is 3.33. The molecule has 180 valence electrons. The van der Waals surface area contributed by atoms with Crippen molar-refractivity contribution in [2.24, 2.45) is 5.92 Å². The second kappa shape index (κ2) is 9.92. The molecular weight excluding hydrogens is 432 g/mol. The molecule has 1 aliphatic heterocycles. The third-order valence-corrected chi connectivity index (χ3v) is 7.01. The van der Waals surface area contributed by atoms with E-state index in [2.05, 4.69) is 30.6 Å². The van der Waals surface area contributed by atoms with Gasteiger partial charge in [-0.15, -0.1) is 15.0 Å². The van der Waals surface area contributed by atoms with Gasteiger partial charge in [0.1, 0.15) is 11.9 Å². The smallest absolute Gasteiger partial charge is 0.254 e. The molecule has 4 heterocycles. The normalized spacial score (nSPS) is 19.6. The van der Waals surface area contributed by atoms with Crippen LogP contribution in [-0.4, -0.2) is 62.5 Å². The second-order valence-electron chi connectivity index (χ2n) is 9.30. The van der Waals surface area contributed by atoms with Gasteiger partial charge in [-0.2, -0.15) is 0 Å². The minimum absolute atomic E-state index is 0.0866. The number of tetrazole rings is 1. The Kier molecular flexibility index (Phi) is 6.57. The number of piperidine rings is 1. The molecule has 10 heteroatoms. The van der Waals surface area contributed by atoms with E-state index in [9.17, 15) is 4.79 Å². The molecule has 3 aromatic rings. The van der Waals surface area contributed by atoms with Crippen LogP contribution in [0.25, 0.3) is 11.4 Å². The third kappa shape index (κ3) is 4.82. The molecule has 5 rings (SSSR count). The lowest BCUT2D eigenvalue weighted by atomic mass is 9.85. The molecule has 1 unspecified atom stereocenters. The lowest BCUT2D eigenvalue weighted by Crippen LogP contribution is -2.47. The van der Waals surface area contributed by atoms with Crippen LogP contribution in [0.3, 0.4) is 0 Å². The first-order chi connectivity index (χ1) is 16.6. The Balaban J connectivity index is 1.27. The first-order valence-corrected chi connectivity index (χ1v) is 12.1. The molecule has 3 aromatic heterocycles. The van der Waals surface area contributed by atoms with Crippen molar-refractivity contribution in [1.82, 2.24) is 35.1 Å². The van der Waals surface area contributed by atoms with Crippen LogP contribution in [0.2, 0.25) is 0 Å². The number of ether oxygens (including phenoxy) is 1. The third-order valence-electron chi connectivity index (χ3n) is 7.01. The largest absolute Gasteiger partial charge is 0.495 e. The fourth-order valence-corrected chi connectivity index (χ4v) is 4.66. The molecule has 1 N–H and O–H groups in total. The van der Waals surface area contributed by atoms with E-state index in [1.165, 1.54) is 30.5 Å². The van der Waals surface area contributed by atoms with Gasteiger partial charge in [0.15, 0.2) is 0 Å². The standard InChI is InChI=1S/C24H32N8O2/c1-17(32-28-24(27-29-32)19-11-22(34-2)15-25-14-19)31-10-8-21(12-23(31)33)30-9-4-7-20(16-30)26-13-18-5-3-6-18/h8,10-12,14-15,17-18,20,26H,3-7,9,13,16H2,1-2H3/t17?,20-/m1/s1. The van der Waals surface area contributed by atoms with Gasteiger partial charge in [-0.1, -0.05) is 6.42 Å². The molecule has 1 saturated carbocycles. The van der Waals surface area contributed by atoms with Crippen LogP contribution >= 0.6 is 0 Å². The average molecular weight is 465 g/mol. The van der Waals surface area contributed by atoms with E-state index in [-0.39, 0.29) is 5.56 Å². The number of methoxy groups -OCH3 is 1. The van der Waals surface area contributed by atoms with Gasteiger partial charge in [-0.3, -0.25) is 14.3 Å². The van der Waals surface area contributed by atoms with Crippen LogP contribution in [0.5, 0.6) is 5.75 Å². The number of hydrogen-bond donors (Lipinski definition) is 1. The number of pyridine rings is 2. The molecule has 0 aromatic carbocycles. The van der Waals surface area contributed by atoms with E-state index in [0.717, 1.165) is 37.7 Å². The summed E-state index contributed by atoms with van der Waals surface area (Å²) in [5.41, 5.74) is 1.58. The Bertz CT molecular complexity index is 1170. The summed E-state index contributed by atoms with van der Waals surface area (Å²) in [6.45, 7) is 4.91. The summed E-state index contributed by atoms with van der Waals surface area (Å²) in [5, 5.41) is 16.5. The van der Waals surface area contributed by atoms with Crippen LogP contribution in [-0.2, 0) is 0 Å². The highest BCUT2D eigenvalue weighted by Gasteiger charge is 2.24. The SMILES string of the molecule is COc1cncc(-c2nnn(C(C)n3ccc(N4CCC[C@@H](NCC5CCC5)C4)cc3=O)n2)c1. The maximum absolute atomic E-state index is 13.0. The number of rotatable bonds is 8. The zero-order valence-electron chi connectivity index (χ0n) is 19.8. The van der Waals surface area contributed by atoms with Gasteiger partial charge in [0, 0.05) is 48.8 Å². The molecule has 0 spiro atoms. The van der Waals surface area contributed by atoms with Gasteiger partial charge in [-0.25, -0.2) is 0 Å². The fraction of sp³-hybridized carbons (Fsp3) is 0.542. The van der Waals surface area contributed by atoms with Crippen LogP contribution < -0.4 is 20.5 Å². The Morgan fingerprint density at radius 3 is 2.85 bits per heavy atom. The predicted octanol–water partition coefficient (Wildman–Crippen LogP) is 2.33. The fourth-order valence-electron chi connectivity index (χ4n) is 4.66. The van der Waals surface area contributed by atoms with Crippen molar-refractivity contribution in [3.8, 4) is 17.1 Å². The molecule has 2 aliphatic rings. The summed E-state index contributed by atoms with van der Waals surface area (Å²) >= 11 is 0. The number of nitrogens with one attached hydrogen (secondary N) is 1. The Morgan fingerprint density at radius 1 is 1.21 bits per heavy atom. The molecule has 0 radical (unpaired) electrons. The first-order valence-electron chi connectivity index (χ1n) is 12.1. The molecular formula is C24H32N8O2. The van der Waals surface area contributed by atoms with Gasteiger partial charge in [-0.05, 0) is 62.4 Å². The lowest BCUT2D eigenvalue weighted by Gasteiger charge is -2.36. The number of anilines is 1. The molecule has 1 saturated heterocycles. The van der Waals surface area contributed by atoms with Crippen molar-refractivity contribution in [2.75, 3.05) is 31.6 Å². The van der Waals surface area contributed by atoms with Gasteiger partial charge >= 0.3 is 0 Å². The summed E-state index contributed by atoms with van der Waals surface area (Å²) in [5.74, 6) is 1.90. The van der Waals surface area contributed by atoms with Gasteiger partial charge in [0.25, 0.3) is 5.56 Å². The van der Waals surface area contributed by atoms with E-state index in [4.69, 9.17) is 4.74 Å². The van der Waals surface area contributed by atoms with Gasteiger partial charge in [0.2, 0.25) is 5.82 Å². The monoisotopic (exact) mass is 464 g/mol. The van der Waals surface area contributed by atoms with Crippen LogP contribution in [0.1, 0.15) is 45.2 Å². The first kappa shape index (κ1) is 22.5. The van der Waals surface area contributed by atoms with Crippen LogP contribution in [0.4, 0.5) is 5.69 Å². The predicted molar refractivity (Wildman–Crippen MR) is 129 cm³/mol. The molecule has 34 heavy (non-hydrogen) atoms. The van der Waals surface area contributed by atoms with Crippen molar-refractivity contribution >= 4 is 5.69 Å². The summed E-state index contributed by atoms with van der Waals surface area (Å²) in [6.07, 6.45) is 11.1. The Hall–Kier alpha value is -3.27. The highest BCUT2D eigenvalue weighted by atomic mass is 16.5. The van der Waals surface area contributed by atoms with E-state index >= 15 is 0 Å². The summed E-state index contributed by atoms with van der Waals surface area (Å²) < 4.78 is 6.84. The highest BCUT2D eigenvalue weighted by Crippen LogP contribution is 2.26. The van der Waals surface area contributed by atoms with E-state index in [0.29, 0.717) is 23.2 Å². The second-order valence-corrected chi connectivity index (χ2v) is 9.30. The maximum Gasteiger partial charge on any atom is 0.254 e. The van der Waals surface area contributed by atoms with Crippen LogP contribution in [0, 0.1) is 5.92 Å². The quantitative estimate of drug-likeness (QED) is 0.542. The molecule has 0 bridgehead atoms. The molecule has 0 amide bonds. The Morgan fingerprint density at radius 2 is 2.09 bits per heavy atom. The number of hydrogen-bond acceptors (Lipinski definition) is 8. The minimum atomic E-state index is -0.417. The minimum Gasteiger partial charge on any atom is -0.495 e. The zero-order chi connectivity index (χ0) is 23.5. The molecule has 2 atom stereocenters. The van der Waals surface area contributed by atoms with Crippen molar-refractivity contribution in [1.29, 1.82) is 0 Å². The number of nitrogens with zero attached hydrogens (tertiary/aromatic N) is 7. The van der Waals surface area contributed by atoms with Crippen LogP contribution in [0.15, 0.2) is 41.6 Å². The molecule has 10 nitrogen and oxygen atoms in total. The van der Waals surface area contributed by atoms with Crippen molar-refractivity contribution in [3.63, 3.8) is 0 Å². The summed E-state index contributed by atoms with van der Waals surface area (Å²) in [7, 11) is 1.58. The van der Waals surface area contributed by atoms with E-state index in [1.807, 2.05) is 19.2 Å². The van der Waals surface area contributed by atoms with Crippen molar-refractivity contribution in [2.45, 2.75) is 51.2 Å². The summed E-state index contributed by atoms with van der Waals surface area (Å²) in [6, 6.07) is 6.01.